The SMILES string of the molecule is Cc1cc(C)cc(NCC(=O)N2CCCc3ccccc32)c1. The Morgan fingerprint density at radius 2 is 1.86 bits per heavy atom. The van der Waals surface area contributed by atoms with E-state index in [1.54, 1.807) is 0 Å². The standard InChI is InChI=1S/C19H22N2O/c1-14-10-15(2)12-17(11-14)20-13-19(22)21-9-5-7-16-6-3-4-8-18(16)21/h3-4,6,8,10-12,20H,5,7,9,13H2,1-2H3. The first-order valence-electron chi connectivity index (χ1n) is 7.84. The molecule has 1 N–H and O–H groups in total. The Kier molecular flexibility index (Phi) is 4.14. The fraction of sp³-hybridized carbons (Fsp3) is 0.316. The van der Waals surface area contributed by atoms with Gasteiger partial charge in [-0.2, -0.15) is 0 Å². The molecule has 0 radical (unpaired) electrons. The van der Waals surface area contributed by atoms with Gasteiger partial charge in [0.2, 0.25) is 5.91 Å². The Bertz CT molecular complexity index is 673. The highest BCUT2D eigenvalue weighted by molar-refractivity contribution is 5.97. The first-order valence-corrected chi connectivity index (χ1v) is 7.84. The van der Waals surface area contributed by atoms with Crippen molar-refractivity contribution in [3.8, 4) is 0 Å². The smallest absolute Gasteiger partial charge is 0.246 e. The number of rotatable bonds is 3. The van der Waals surface area contributed by atoms with Crippen molar-refractivity contribution in [2.75, 3.05) is 23.3 Å². The maximum atomic E-state index is 12.6. The number of nitrogens with one attached hydrogen (secondary N) is 1. The second kappa shape index (κ2) is 6.22. The predicted molar refractivity (Wildman–Crippen MR) is 91.5 cm³/mol. The summed E-state index contributed by atoms with van der Waals surface area (Å²) in [6.07, 6.45) is 2.09. The van der Waals surface area contributed by atoms with Crippen molar-refractivity contribution in [2.24, 2.45) is 0 Å². The zero-order chi connectivity index (χ0) is 15.5. The van der Waals surface area contributed by atoms with Crippen molar-refractivity contribution >= 4 is 17.3 Å². The molecule has 3 heteroatoms. The van der Waals surface area contributed by atoms with Crippen LogP contribution >= 0.6 is 0 Å². The van der Waals surface area contributed by atoms with Crippen molar-refractivity contribution in [1.82, 2.24) is 0 Å². The lowest BCUT2D eigenvalue weighted by molar-refractivity contribution is -0.117. The molecule has 0 atom stereocenters. The summed E-state index contributed by atoms with van der Waals surface area (Å²) in [5.41, 5.74) is 5.77. The summed E-state index contributed by atoms with van der Waals surface area (Å²) in [6, 6.07) is 14.5. The molecule has 1 heterocycles. The highest BCUT2D eigenvalue weighted by atomic mass is 16.2. The van der Waals surface area contributed by atoms with Gasteiger partial charge in [-0.15, -0.1) is 0 Å². The van der Waals surface area contributed by atoms with Crippen LogP contribution in [0.4, 0.5) is 11.4 Å². The zero-order valence-corrected chi connectivity index (χ0v) is 13.2. The number of carbonyl (C=O) groups is 1. The molecule has 2 aromatic rings. The van der Waals surface area contributed by atoms with Crippen LogP contribution in [0.15, 0.2) is 42.5 Å². The van der Waals surface area contributed by atoms with Crippen LogP contribution in [0, 0.1) is 13.8 Å². The van der Waals surface area contributed by atoms with Crippen LogP contribution in [0.25, 0.3) is 0 Å². The van der Waals surface area contributed by atoms with E-state index in [-0.39, 0.29) is 5.91 Å². The second-order valence-electron chi connectivity index (χ2n) is 6.01. The van der Waals surface area contributed by atoms with Gasteiger partial charge in [0.05, 0.1) is 6.54 Å². The summed E-state index contributed by atoms with van der Waals surface area (Å²) in [5, 5.41) is 3.26. The van der Waals surface area contributed by atoms with E-state index in [9.17, 15) is 4.79 Å². The lowest BCUT2D eigenvalue weighted by Crippen LogP contribution is -2.39. The Hall–Kier alpha value is -2.29. The van der Waals surface area contributed by atoms with E-state index < -0.39 is 0 Å². The third kappa shape index (κ3) is 3.14. The van der Waals surface area contributed by atoms with Gasteiger partial charge < -0.3 is 10.2 Å². The monoisotopic (exact) mass is 294 g/mol. The first-order chi connectivity index (χ1) is 10.6. The van der Waals surface area contributed by atoms with Crippen LogP contribution in [-0.2, 0) is 11.2 Å². The van der Waals surface area contributed by atoms with Crippen LogP contribution in [0.5, 0.6) is 0 Å². The molecule has 1 amide bonds. The number of hydrogen-bond donors (Lipinski definition) is 1. The minimum absolute atomic E-state index is 0.131. The van der Waals surface area contributed by atoms with Crippen molar-refractivity contribution in [3.05, 3.63) is 59.2 Å². The molecule has 0 saturated heterocycles. The highest BCUT2D eigenvalue weighted by Crippen LogP contribution is 2.26. The third-order valence-electron chi connectivity index (χ3n) is 4.08. The number of aryl methyl sites for hydroxylation is 3. The molecule has 2 aromatic carbocycles. The summed E-state index contributed by atoms with van der Waals surface area (Å²) in [6.45, 7) is 5.28. The Balaban J connectivity index is 1.70. The summed E-state index contributed by atoms with van der Waals surface area (Å²) in [7, 11) is 0. The molecule has 0 unspecified atom stereocenters. The number of amides is 1. The zero-order valence-electron chi connectivity index (χ0n) is 13.2. The molecule has 0 saturated carbocycles. The van der Waals surface area contributed by atoms with Crippen molar-refractivity contribution < 1.29 is 4.79 Å². The van der Waals surface area contributed by atoms with Gasteiger partial charge in [-0.05, 0) is 61.6 Å². The number of fused-ring (bicyclic) bond motifs is 1. The first kappa shape index (κ1) is 14.6. The maximum absolute atomic E-state index is 12.6. The van der Waals surface area contributed by atoms with E-state index in [1.165, 1.54) is 16.7 Å². The molecule has 1 aliphatic rings. The van der Waals surface area contributed by atoms with Crippen LogP contribution < -0.4 is 10.2 Å². The van der Waals surface area contributed by atoms with E-state index in [4.69, 9.17) is 0 Å². The number of benzene rings is 2. The highest BCUT2D eigenvalue weighted by Gasteiger charge is 2.21. The minimum atomic E-state index is 0.131. The fourth-order valence-electron chi connectivity index (χ4n) is 3.14. The molecular formula is C19H22N2O. The third-order valence-corrected chi connectivity index (χ3v) is 4.08. The molecule has 0 fully saturated rings. The average Bonchev–Trinajstić information content (AvgIpc) is 2.51. The van der Waals surface area contributed by atoms with Gasteiger partial charge in [0.25, 0.3) is 0 Å². The number of hydrogen-bond acceptors (Lipinski definition) is 2. The van der Waals surface area contributed by atoms with Gasteiger partial charge in [0.1, 0.15) is 0 Å². The number of nitrogens with zero attached hydrogens (tertiary/aromatic N) is 1. The summed E-state index contributed by atoms with van der Waals surface area (Å²) < 4.78 is 0. The largest absolute Gasteiger partial charge is 0.376 e. The minimum Gasteiger partial charge on any atom is -0.376 e. The van der Waals surface area contributed by atoms with Gasteiger partial charge in [-0.1, -0.05) is 24.3 Å². The molecule has 0 bridgehead atoms. The van der Waals surface area contributed by atoms with Crippen LogP contribution in [0.2, 0.25) is 0 Å². The predicted octanol–water partition coefficient (Wildman–Crippen LogP) is 3.69. The number of anilines is 2. The lowest BCUT2D eigenvalue weighted by Gasteiger charge is -2.29. The molecule has 1 aliphatic heterocycles. The molecule has 22 heavy (non-hydrogen) atoms. The number of para-hydroxylation sites is 1. The molecule has 0 aromatic heterocycles. The number of carbonyl (C=O) groups excluding carboxylic acids is 1. The van der Waals surface area contributed by atoms with E-state index in [1.807, 2.05) is 23.1 Å². The maximum Gasteiger partial charge on any atom is 0.246 e. The lowest BCUT2D eigenvalue weighted by atomic mass is 10.0. The van der Waals surface area contributed by atoms with Crippen molar-refractivity contribution in [2.45, 2.75) is 26.7 Å². The van der Waals surface area contributed by atoms with Crippen LogP contribution in [-0.4, -0.2) is 19.0 Å². The Labute approximate surface area is 132 Å². The van der Waals surface area contributed by atoms with Gasteiger partial charge in [0, 0.05) is 17.9 Å². The molecule has 0 aliphatic carbocycles. The van der Waals surface area contributed by atoms with Crippen molar-refractivity contribution in [1.29, 1.82) is 0 Å². The van der Waals surface area contributed by atoms with Crippen molar-refractivity contribution in [3.63, 3.8) is 0 Å². The van der Waals surface area contributed by atoms with Gasteiger partial charge in [-0.25, -0.2) is 0 Å². The van der Waals surface area contributed by atoms with Gasteiger partial charge in [0.15, 0.2) is 0 Å². The van der Waals surface area contributed by atoms with E-state index in [0.29, 0.717) is 6.54 Å². The normalized spacial score (nSPS) is 13.6. The summed E-state index contributed by atoms with van der Waals surface area (Å²) in [5.74, 6) is 0.131. The van der Waals surface area contributed by atoms with E-state index >= 15 is 0 Å². The topological polar surface area (TPSA) is 32.3 Å². The quantitative estimate of drug-likeness (QED) is 0.936. The van der Waals surface area contributed by atoms with E-state index in [0.717, 1.165) is 30.8 Å². The Morgan fingerprint density at radius 1 is 1.14 bits per heavy atom. The van der Waals surface area contributed by atoms with Gasteiger partial charge >= 0.3 is 0 Å². The van der Waals surface area contributed by atoms with Crippen LogP contribution in [0.3, 0.4) is 0 Å². The molecule has 114 valence electrons. The molecule has 3 nitrogen and oxygen atoms in total. The Morgan fingerprint density at radius 3 is 2.64 bits per heavy atom. The summed E-state index contributed by atoms with van der Waals surface area (Å²) in [4.78, 5) is 14.5. The molecule has 3 rings (SSSR count). The second-order valence-corrected chi connectivity index (χ2v) is 6.01. The van der Waals surface area contributed by atoms with E-state index in [2.05, 4.69) is 43.4 Å². The van der Waals surface area contributed by atoms with Crippen LogP contribution in [0.1, 0.15) is 23.1 Å². The summed E-state index contributed by atoms with van der Waals surface area (Å²) >= 11 is 0. The molecule has 0 spiro atoms. The van der Waals surface area contributed by atoms with Gasteiger partial charge in [-0.3, -0.25) is 4.79 Å². The average molecular weight is 294 g/mol. The molecular weight excluding hydrogens is 272 g/mol. The fourth-order valence-corrected chi connectivity index (χ4v) is 3.14.